The quantitative estimate of drug-likeness (QED) is 0.0153. The van der Waals surface area contributed by atoms with Crippen molar-refractivity contribution in [3.8, 4) is 0 Å². The molecule has 1 aliphatic carbocycles. The molecule has 57 heavy (non-hydrogen) atoms. The van der Waals surface area contributed by atoms with E-state index < -0.39 is 75.7 Å². The lowest BCUT2D eigenvalue weighted by Crippen LogP contribution is -2.64. The van der Waals surface area contributed by atoms with Crippen LogP contribution in [0, 0.1) is 0 Å². The number of aliphatic hydroxyl groups excluding tert-OH is 5. The molecule has 1 aliphatic rings. The Morgan fingerprint density at radius 3 is 1.33 bits per heavy atom. The summed E-state index contributed by atoms with van der Waals surface area (Å²) in [6, 6.07) is 0. The molecule has 0 aromatic rings. The Bertz CT molecular complexity index is 1100. The first-order valence-electron chi connectivity index (χ1n) is 22.1. The summed E-state index contributed by atoms with van der Waals surface area (Å²) in [6.45, 7) is 3.25. The normalized spacial score (nSPS) is 22.9. The van der Waals surface area contributed by atoms with Crippen LogP contribution in [0.3, 0.4) is 0 Å². The highest BCUT2D eigenvalue weighted by Gasteiger charge is 2.51. The van der Waals surface area contributed by atoms with Crippen molar-refractivity contribution in [2.24, 2.45) is 0 Å². The monoisotopic (exact) mass is 835 g/mol. The van der Waals surface area contributed by atoms with E-state index in [-0.39, 0.29) is 12.8 Å². The number of carbonyl (C=O) groups excluding carboxylic acids is 2. The summed E-state index contributed by atoms with van der Waals surface area (Å²) in [4.78, 5) is 35.6. The van der Waals surface area contributed by atoms with E-state index >= 15 is 0 Å². The second-order valence-corrected chi connectivity index (χ2v) is 16.9. The Balaban J connectivity index is 2.51. The molecule has 1 fully saturated rings. The van der Waals surface area contributed by atoms with Gasteiger partial charge in [-0.1, -0.05) is 128 Å². The van der Waals surface area contributed by atoms with Gasteiger partial charge in [-0.15, -0.1) is 0 Å². The van der Waals surface area contributed by atoms with Crippen LogP contribution in [0.2, 0.25) is 0 Å². The summed E-state index contributed by atoms with van der Waals surface area (Å²) in [7, 11) is -5.12. The van der Waals surface area contributed by atoms with Crippen LogP contribution in [0.25, 0.3) is 0 Å². The maximum Gasteiger partial charge on any atom is 0.472 e. The van der Waals surface area contributed by atoms with Gasteiger partial charge in [-0.05, 0) is 64.2 Å². The zero-order valence-electron chi connectivity index (χ0n) is 35.1. The highest BCUT2D eigenvalue weighted by atomic mass is 31.2. The van der Waals surface area contributed by atoms with Crippen LogP contribution in [0.5, 0.6) is 0 Å². The van der Waals surface area contributed by atoms with Gasteiger partial charge in [-0.25, -0.2) is 4.57 Å². The third-order valence-corrected chi connectivity index (χ3v) is 11.3. The van der Waals surface area contributed by atoms with Crippen LogP contribution in [0.1, 0.15) is 181 Å². The topological polar surface area (TPSA) is 210 Å². The fourth-order valence-electron chi connectivity index (χ4n) is 6.63. The molecule has 1 rings (SSSR count). The second-order valence-electron chi connectivity index (χ2n) is 15.5. The Hall–Kier alpha value is -1.67. The van der Waals surface area contributed by atoms with Gasteiger partial charge in [0.15, 0.2) is 6.10 Å². The number of allylic oxidation sites excluding steroid dienone is 4. The summed E-state index contributed by atoms with van der Waals surface area (Å²) in [5.74, 6) is -1.13. The van der Waals surface area contributed by atoms with Gasteiger partial charge in [0.25, 0.3) is 0 Å². The fourth-order valence-corrected chi connectivity index (χ4v) is 7.60. The number of aliphatic hydroxyl groups is 5. The molecule has 0 heterocycles. The molecule has 0 saturated heterocycles. The number of phosphoric acid groups is 1. The molecule has 0 spiro atoms. The van der Waals surface area contributed by atoms with E-state index in [1.807, 2.05) is 0 Å². The lowest BCUT2D eigenvalue weighted by molar-refractivity contribution is -0.220. The van der Waals surface area contributed by atoms with Crippen molar-refractivity contribution in [2.75, 3.05) is 13.2 Å². The van der Waals surface area contributed by atoms with Gasteiger partial charge in [0, 0.05) is 12.8 Å². The Morgan fingerprint density at radius 2 is 0.895 bits per heavy atom. The minimum absolute atomic E-state index is 0.0751. The van der Waals surface area contributed by atoms with E-state index in [0.29, 0.717) is 12.8 Å². The first kappa shape index (κ1) is 53.3. The molecule has 0 aromatic heterocycles. The van der Waals surface area contributed by atoms with Crippen molar-refractivity contribution >= 4 is 19.8 Å². The number of hydrogen-bond acceptors (Lipinski definition) is 12. The molecule has 14 heteroatoms. The van der Waals surface area contributed by atoms with Gasteiger partial charge in [-0.3, -0.25) is 18.6 Å². The Kier molecular flexibility index (Phi) is 31.9. The predicted octanol–water partition coefficient (Wildman–Crippen LogP) is 8.06. The van der Waals surface area contributed by atoms with E-state index in [0.717, 1.165) is 51.4 Å². The average Bonchev–Trinajstić information content (AvgIpc) is 3.19. The SMILES string of the molecule is CCCCCCCC/C=C/CCCCCC(=O)OC[C@H](COP(=O)(O)OC1C(O)C(O)C(O)[C@@H](O)C1O)OC(=O)CCCCC/C=C/CCCCCCCCCC. The van der Waals surface area contributed by atoms with E-state index in [2.05, 4.69) is 38.2 Å². The van der Waals surface area contributed by atoms with Crippen LogP contribution in [-0.2, 0) is 32.7 Å². The molecule has 6 N–H and O–H groups in total. The van der Waals surface area contributed by atoms with E-state index in [9.17, 15) is 44.6 Å². The largest absolute Gasteiger partial charge is 0.472 e. The number of esters is 2. The number of hydrogen-bond donors (Lipinski definition) is 6. The van der Waals surface area contributed by atoms with Gasteiger partial charge in [0.05, 0.1) is 6.61 Å². The summed E-state index contributed by atoms with van der Waals surface area (Å²) < 4.78 is 33.4. The maximum atomic E-state index is 12.8. The predicted molar refractivity (Wildman–Crippen MR) is 221 cm³/mol. The number of ether oxygens (including phenoxy) is 2. The molecule has 0 aromatic carbocycles. The summed E-state index contributed by atoms with van der Waals surface area (Å²) in [5.41, 5.74) is 0. The zero-order chi connectivity index (χ0) is 42.2. The van der Waals surface area contributed by atoms with Gasteiger partial charge in [0.1, 0.15) is 43.2 Å². The summed E-state index contributed by atoms with van der Waals surface area (Å²) in [6.07, 6.45) is 22.4. The van der Waals surface area contributed by atoms with Gasteiger partial charge in [-0.2, -0.15) is 0 Å². The van der Waals surface area contributed by atoms with Crippen LogP contribution >= 0.6 is 7.82 Å². The lowest BCUT2D eigenvalue weighted by atomic mass is 9.85. The maximum absolute atomic E-state index is 12.8. The highest BCUT2D eigenvalue weighted by molar-refractivity contribution is 7.47. The van der Waals surface area contributed by atoms with Crippen LogP contribution in [-0.4, -0.2) is 98.3 Å². The zero-order valence-corrected chi connectivity index (χ0v) is 36.0. The first-order valence-corrected chi connectivity index (χ1v) is 23.6. The van der Waals surface area contributed by atoms with Gasteiger partial charge in [0.2, 0.25) is 0 Å². The minimum atomic E-state index is -5.12. The van der Waals surface area contributed by atoms with Crippen molar-refractivity contribution in [3.05, 3.63) is 24.3 Å². The van der Waals surface area contributed by atoms with E-state index in [4.69, 9.17) is 18.5 Å². The standard InChI is InChI=1S/C43H79O13P/c1-3-5-7-9-11-13-15-17-18-20-22-24-26-28-30-32-37(45)55-35(34-54-57(51,52)56-43-41(49)39(47)38(46)40(48)42(43)50)33-53-36(44)31-29-27-25-23-21-19-16-14-12-10-8-6-4-2/h19-22,35,38-43,46-50H,3-18,23-34H2,1-2H3,(H,51,52)/b21-19+,22-20+/t35-,38?,39-,40?,41?,42?,43?/m1/s1. The molecule has 1 saturated carbocycles. The molecule has 8 atom stereocenters. The fraction of sp³-hybridized carbons (Fsp3) is 0.860. The van der Waals surface area contributed by atoms with Crippen LogP contribution in [0.4, 0.5) is 0 Å². The Morgan fingerprint density at radius 1 is 0.526 bits per heavy atom. The van der Waals surface area contributed by atoms with Crippen LogP contribution in [0.15, 0.2) is 24.3 Å². The minimum Gasteiger partial charge on any atom is -0.462 e. The molecule has 334 valence electrons. The molecule has 0 bridgehead atoms. The van der Waals surface area contributed by atoms with Crippen molar-refractivity contribution in [3.63, 3.8) is 0 Å². The van der Waals surface area contributed by atoms with E-state index in [1.54, 1.807) is 0 Å². The molecular formula is C43H79O13P. The number of unbranched alkanes of at least 4 members (excludes halogenated alkanes) is 20. The summed E-state index contributed by atoms with van der Waals surface area (Å²) in [5, 5.41) is 50.0. The highest BCUT2D eigenvalue weighted by Crippen LogP contribution is 2.47. The smallest absolute Gasteiger partial charge is 0.462 e. The number of rotatable bonds is 36. The van der Waals surface area contributed by atoms with Crippen molar-refractivity contribution in [1.29, 1.82) is 0 Å². The van der Waals surface area contributed by atoms with Crippen LogP contribution < -0.4 is 0 Å². The molecule has 0 amide bonds. The van der Waals surface area contributed by atoms with Crippen molar-refractivity contribution in [2.45, 2.75) is 224 Å². The third kappa shape index (κ3) is 26.9. The molecule has 6 unspecified atom stereocenters. The molecule has 13 nitrogen and oxygen atoms in total. The van der Waals surface area contributed by atoms with Gasteiger partial charge < -0.3 is 39.9 Å². The summed E-state index contributed by atoms with van der Waals surface area (Å²) >= 11 is 0. The van der Waals surface area contributed by atoms with E-state index in [1.165, 1.54) is 89.9 Å². The first-order chi connectivity index (χ1) is 27.4. The van der Waals surface area contributed by atoms with Gasteiger partial charge >= 0.3 is 19.8 Å². The molecular weight excluding hydrogens is 755 g/mol. The number of phosphoric ester groups is 1. The number of carbonyl (C=O) groups is 2. The lowest BCUT2D eigenvalue weighted by Gasteiger charge is -2.41. The van der Waals surface area contributed by atoms with Crippen molar-refractivity contribution in [1.82, 2.24) is 0 Å². The Labute approximate surface area is 343 Å². The average molecular weight is 835 g/mol. The third-order valence-electron chi connectivity index (χ3n) is 10.3. The molecule has 0 aliphatic heterocycles. The van der Waals surface area contributed by atoms with Crippen molar-refractivity contribution < 1.29 is 63.1 Å². The second kappa shape index (κ2) is 34.1. The molecule has 0 radical (unpaired) electrons.